The molecule has 1 aromatic carbocycles. The van der Waals surface area contributed by atoms with Crippen molar-refractivity contribution >= 4 is 11.7 Å². The molecule has 0 spiro atoms. The van der Waals surface area contributed by atoms with Crippen molar-refractivity contribution in [1.82, 2.24) is 14.7 Å². The molecule has 1 amide bonds. The third kappa shape index (κ3) is 4.23. The zero-order valence-electron chi connectivity index (χ0n) is 15.7. The highest BCUT2D eigenvalue weighted by Crippen LogP contribution is 2.22. The van der Waals surface area contributed by atoms with Crippen LogP contribution in [0.1, 0.15) is 11.7 Å². The number of carbonyl (C=O) groups is 1. The molecule has 0 aliphatic carbocycles. The number of ether oxygens (including phenoxy) is 2. The number of benzene rings is 1. The van der Waals surface area contributed by atoms with Gasteiger partial charge in [-0.15, -0.1) is 0 Å². The molecular formula is C20H24N4O4. The molecule has 148 valence electrons. The van der Waals surface area contributed by atoms with Gasteiger partial charge in [-0.25, -0.2) is 4.68 Å². The normalized spacial score (nSPS) is 20.2. The predicted molar refractivity (Wildman–Crippen MR) is 103 cm³/mol. The van der Waals surface area contributed by atoms with Gasteiger partial charge in [0.1, 0.15) is 18.5 Å². The maximum atomic E-state index is 12.8. The second-order valence-electron chi connectivity index (χ2n) is 6.90. The van der Waals surface area contributed by atoms with Crippen molar-refractivity contribution < 1.29 is 14.3 Å². The minimum Gasteiger partial charge on any atom is -0.378 e. The zero-order valence-corrected chi connectivity index (χ0v) is 15.7. The van der Waals surface area contributed by atoms with Gasteiger partial charge in [-0.05, 0) is 11.6 Å². The summed E-state index contributed by atoms with van der Waals surface area (Å²) in [6.45, 7) is 4.10. The van der Waals surface area contributed by atoms with E-state index in [1.54, 1.807) is 11.0 Å². The van der Waals surface area contributed by atoms with Crippen molar-refractivity contribution in [2.45, 2.75) is 12.6 Å². The molecule has 8 nitrogen and oxygen atoms in total. The SMILES string of the molecule is O=C(Cn1nc(N2CCOCC2)ccc1=O)N1CCO[C@H](c2ccccc2)C1. The first kappa shape index (κ1) is 18.6. The monoisotopic (exact) mass is 384 g/mol. The van der Waals surface area contributed by atoms with E-state index in [1.807, 2.05) is 30.3 Å². The molecule has 2 aliphatic rings. The average molecular weight is 384 g/mol. The van der Waals surface area contributed by atoms with E-state index < -0.39 is 0 Å². The molecule has 0 radical (unpaired) electrons. The molecule has 2 aromatic rings. The maximum absolute atomic E-state index is 12.8. The molecule has 2 fully saturated rings. The van der Waals surface area contributed by atoms with E-state index >= 15 is 0 Å². The molecule has 8 heteroatoms. The first-order valence-corrected chi connectivity index (χ1v) is 9.56. The van der Waals surface area contributed by atoms with Gasteiger partial charge < -0.3 is 19.3 Å². The van der Waals surface area contributed by atoms with Crippen LogP contribution in [0.25, 0.3) is 0 Å². The first-order chi connectivity index (χ1) is 13.7. The summed E-state index contributed by atoms with van der Waals surface area (Å²) in [5.41, 5.74) is 0.767. The van der Waals surface area contributed by atoms with Crippen LogP contribution in [0.3, 0.4) is 0 Å². The van der Waals surface area contributed by atoms with Gasteiger partial charge in [0, 0.05) is 25.7 Å². The molecule has 0 bridgehead atoms. The van der Waals surface area contributed by atoms with Gasteiger partial charge in [-0.3, -0.25) is 9.59 Å². The average Bonchev–Trinajstić information content (AvgIpc) is 2.76. The van der Waals surface area contributed by atoms with Gasteiger partial charge in [0.25, 0.3) is 5.56 Å². The van der Waals surface area contributed by atoms with Crippen molar-refractivity contribution in [3.05, 3.63) is 58.4 Å². The number of nitrogens with zero attached hydrogens (tertiary/aromatic N) is 4. The van der Waals surface area contributed by atoms with E-state index in [0.717, 1.165) is 18.7 Å². The number of amides is 1. The van der Waals surface area contributed by atoms with Crippen LogP contribution in [0, 0.1) is 0 Å². The van der Waals surface area contributed by atoms with E-state index in [0.29, 0.717) is 38.7 Å². The highest BCUT2D eigenvalue weighted by Gasteiger charge is 2.26. The van der Waals surface area contributed by atoms with Crippen LogP contribution in [-0.4, -0.2) is 66.6 Å². The Labute approximate surface area is 163 Å². The number of hydrogen-bond donors (Lipinski definition) is 0. The van der Waals surface area contributed by atoms with Crippen LogP contribution < -0.4 is 10.5 Å². The summed E-state index contributed by atoms with van der Waals surface area (Å²) < 4.78 is 12.4. The fraction of sp³-hybridized carbons (Fsp3) is 0.450. The second kappa shape index (κ2) is 8.53. The Morgan fingerprint density at radius 3 is 2.61 bits per heavy atom. The lowest BCUT2D eigenvalue weighted by atomic mass is 10.1. The van der Waals surface area contributed by atoms with Crippen LogP contribution in [0.4, 0.5) is 5.82 Å². The Bertz CT molecular complexity index is 864. The van der Waals surface area contributed by atoms with Crippen molar-refractivity contribution in [2.75, 3.05) is 50.9 Å². The lowest BCUT2D eigenvalue weighted by Crippen LogP contribution is -2.45. The number of aromatic nitrogens is 2. The Morgan fingerprint density at radius 2 is 1.82 bits per heavy atom. The van der Waals surface area contributed by atoms with Crippen molar-refractivity contribution in [3.63, 3.8) is 0 Å². The zero-order chi connectivity index (χ0) is 19.3. The summed E-state index contributed by atoms with van der Waals surface area (Å²) in [6.07, 6.45) is -0.150. The van der Waals surface area contributed by atoms with Crippen LogP contribution >= 0.6 is 0 Å². The van der Waals surface area contributed by atoms with E-state index in [1.165, 1.54) is 10.7 Å². The van der Waals surface area contributed by atoms with Crippen molar-refractivity contribution in [2.24, 2.45) is 0 Å². The predicted octanol–water partition coefficient (Wildman–Crippen LogP) is 0.680. The molecule has 28 heavy (non-hydrogen) atoms. The Morgan fingerprint density at radius 1 is 1.04 bits per heavy atom. The van der Waals surface area contributed by atoms with Crippen LogP contribution in [0.15, 0.2) is 47.3 Å². The molecule has 3 heterocycles. The molecule has 2 saturated heterocycles. The largest absolute Gasteiger partial charge is 0.378 e. The van der Waals surface area contributed by atoms with Gasteiger partial charge in [0.2, 0.25) is 5.91 Å². The molecule has 1 aromatic heterocycles. The molecule has 0 unspecified atom stereocenters. The summed E-state index contributed by atoms with van der Waals surface area (Å²) in [5, 5.41) is 4.40. The van der Waals surface area contributed by atoms with E-state index in [2.05, 4.69) is 10.00 Å². The fourth-order valence-corrected chi connectivity index (χ4v) is 3.49. The van der Waals surface area contributed by atoms with Gasteiger partial charge in [0.05, 0.1) is 26.4 Å². The van der Waals surface area contributed by atoms with Gasteiger partial charge in [-0.2, -0.15) is 5.10 Å². The quantitative estimate of drug-likeness (QED) is 0.772. The molecule has 0 N–H and O–H groups in total. The van der Waals surface area contributed by atoms with Crippen molar-refractivity contribution in [1.29, 1.82) is 0 Å². The lowest BCUT2D eigenvalue weighted by molar-refractivity contribution is -0.139. The summed E-state index contributed by atoms with van der Waals surface area (Å²) in [5.74, 6) is 0.567. The number of hydrogen-bond acceptors (Lipinski definition) is 6. The highest BCUT2D eigenvalue weighted by atomic mass is 16.5. The van der Waals surface area contributed by atoms with Crippen LogP contribution in [0.5, 0.6) is 0 Å². The van der Waals surface area contributed by atoms with Crippen LogP contribution in [0.2, 0.25) is 0 Å². The number of anilines is 1. The van der Waals surface area contributed by atoms with Gasteiger partial charge >= 0.3 is 0 Å². The molecule has 4 rings (SSSR count). The fourth-order valence-electron chi connectivity index (χ4n) is 3.49. The summed E-state index contributed by atoms with van der Waals surface area (Å²) >= 11 is 0. The van der Waals surface area contributed by atoms with Gasteiger partial charge in [0.15, 0.2) is 0 Å². The summed E-state index contributed by atoms with van der Waals surface area (Å²) in [7, 11) is 0. The molecule has 1 atom stereocenters. The third-order valence-electron chi connectivity index (χ3n) is 5.06. The van der Waals surface area contributed by atoms with Gasteiger partial charge in [-0.1, -0.05) is 30.3 Å². The molecular weight excluding hydrogens is 360 g/mol. The topological polar surface area (TPSA) is 76.9 Å². The number of carbonyl (C=O) groups excluding carboxylic acids is 1. The Balaban J connectivity index is 1.45. The van der Waals surface area contributed by atoms with E-state index in [4.69, 9.17) is 9.47 Å². The van der Waals surface area contributed by atoms with Crippen LogP contribution in [-0.2, 0) is 20.8 Å². The van der Waals surface area contributed by atoms with Crippen molar-refractivity contribution in [3.8, 4) is 0 Å². The smallest absolute Gasteiger partial charge is 0.267 e. The Hall–Kier alpha value is -2.71. The summed E-state index contributed by atoms with van der Waals surface area (Å²) in [6, 6.07) is 13.0. The lowest BCUT2D eigenvalue weighted by Gasteiger charge is -2.33. The summed E-state index contributed by atoms with van der Waals surface area (Å²) in [4.78, 5) is 28.8. The number of morpholine rings is 2. The molecule has 0 saturated carbocycles. The Kier molecular flexibility index (Phi) is 5.68. The standard InChI is InChI=1S/C20H24N4O4/c25-19-7-6-18(22-8-11-27-12-9-22)21-24(19)15-20(26)23-10-13-28-17(14-23)16-4-2-1-3-5-16/h1-7,17H,8-15H2/t17-/m0/s1. The molecule has 2 aliphatic heterocycles. The number of rotatable bonds is 4. The van der Waals surface area contributed by atoms with E-state index in [-0.39, 0.29) is 24.1 Å². The van der Waals surface area contributed by atoms with E-state index in [9.17, 15) is 9.59 Å². The second-order valence-corrected chi connectivity index (χ2v) is 6.90. The minimum atomic E-state index is -0.279. The third-order valence-corrected chi connectivity index (χ3v) is 5.06. The highest BCUT2D eigenvalue weighted by molar-refractivity contribution is 5.76. The maximum Gasteiger partial charge on any atom is 0.267 e. The minimum absolute atomic E-state index is 0.0709. The first-order valence-electron chi connectivity index (χ1n) is 9.56.